The Kier molecular flexibility index (Phi) is 10.9. The van der Waals surface area contributed by atoms with Crippen molar-refractivity contribution in [3.8, 4) is 22.4 Å². The van der Waals surface area contributed by atoms with Gasteiger partial charge in [-0.2, -0.15) is 12.8 Å². The lowest BCUT2D eigenvalue weighted by molar-refractivity contribution is -0.148. The number of aromatic nitrogens is 2. The third-order valence-electron chi connectivity index (χ3n) is 11.7. The van der Waals surface area contributed by atoms with Gasteiger partial charge in [0.15, 0.2) is 0 Å². The van der Waals surface area contributed by atoms with E-state index in [1.54, 1.807) is 17.2 Å². The molecular weight excluding hydrogens is 755 g/mol. The van der Waals surface area contributed by atoms with E-state index in [-0.39, 0.29) is 41.8 Å². The number of benzene rings is 4. The van der Waals surface area contributed by atoms with Crippen molar-refractivity contribution in [1.29, 1.82) is 0 Å². The first kappa shape index (κ1) is 39.0. The molecule has 300 valence electrons. The molecule has 12 nitrogen and oxygen atoms in total. The van der Waals surface area contributed by atoms with Crippen LogP contribution >= 0.6 is 0 Å². The van der Waals surface area contributed by atoms with E-state index < -0.39 is 28.1 Å². The lowest BCUT2D eigenvalue weighted by Crippen LogP contribution is -2.42. The standard InChI is InChI=1S/C45H47N5O7S/c1-28(2)36(25-42(51)56-3)44(52)49-19-8-12-40(49)43-46-26-38(47-43)34-16-15-31-21-30(13-14-32(31)22-34)33-17-18-41-35(23-33)24-37(48-58(41,54)55)39-11-7-20-50(39)45(53)57-27-29-9-5-4-6-10-29/h4-6,9-10,13-18,21-23,26,28,36,39-40H,7-8,11-12,19-20,24-25,27H2,1-3H3,(H,46,47)/t36-,39-,40-/m0/s1. The number of ether oxygens (including phenoxy) is 2. The van der Waals surface area contributed by atoms with Gasteiger partial charge in [-0.25, -0.2) is 9.78 Å². The monoisotopic (exact) mass is 801 g/mol. The number of sulfonamides is 1. The van der Waals surface area contributed by atoms with Crippen LogP contribution in [0.1, 0.15) is 68.9 Å². The van der Waals surface area contributed by atoms with Crippen molar-refractivity contribution >= 4 is 44.5 Å². The van der Waals surface area contributed by atoms with Gasteiger partial charge in [0.1, 0.15) is 12.4 Å². The molecule has 3 aliphatic heterocycles. The molecule has 8 rings (SSSR count). The number of methoxy groups -OCH3 is 1. The molecule has 4 aromatic carbocycles. The van der Waals surface area contributed by atoms with Gasteiger partial charge in [-0.1, -0.05) is 74.5 Å². The Hall–Kier alpha value is -5.82. The van der Waals surface area contributed by atoms with Gasteiger partial charge in [0.25, 0.3) is 10.0 Å². The molecule has 0 unspecified atom stereocenters. The van der Waals surface area contributed by atoms with E-state index in [2.05, 4.69) is 33.6 Å². The third-order valence-corrected chi connectivity index (χ3v) is 13.1. The van der Waals surface area contributed by atoms with E-state index in [0.717, 1.165) is 63.8 Å². The summed E-state index contributed by atoms with van der Waals surface area (Å²) < 4.78 is 41.6. The van der Waals surface area contributed by atoms with Gasteiger partial charge in [0.05, 0.1) is 54.0 Å². The predicted molar refractivity (Wildman–Crippen MR) is 220 cm³/mol. The largest absolute Gasteiger partial charge is 0.469 e. The highest BCUT2D eigenvalue weighted by atomic mass is 32.2. The van der Waals surface area contributed by atoms with Crippen LogP contribution < -0.4 is 0 Å². The zero-order valence-electron chi connectivity index (χ0n) is 32.9. The minimum absolute atomic E-state index is 0.0125. The Balaban J connectivity index is 0.980. The van der Waals surface area contributed by atoms with E-state index in [1.807, 2.05) is 73.3 Å². The van der Waals surface area contributed by atoms with Crippen molar-refractivity contribution in [2.75, 3.05) is 20.2 Å². The number of hydrogen-bond acceptors (Lipinski definition) is 8. The van der Waals surface area contributed by atoms with E-state index in [9.17, 15) is 22.8 Å². The van der Waals surface area contributed by atoms with Crippen LogP contribution in [0.2, 0.25) is 0 Å². The highest BCUT2D eigenvalue weighted by Crippen LogP contribution is 2.37. The summed E-state index contributed by atoms with van der Waals surface area (Å²) in [6.07, 6.45) is 4.69. The average molecular weight is 802 g/mol. The average Bonchev–Trinajstić information content (AvgIpc) is 4.03. The molecule has 0 bridgehead atoms. The summed E-state index contributed by atoms with van der Waals surface area (Å²) in [5.74, 6) is -0.182. The summed E-state index contributed by atoms with van der Waals surface area (Å²) in [5.41, 5.74) is 5.61. The smallest absolute Gasteiger partial charge is 0.410 e. The highest BCUT2D eigenvalue weighted by molar-refractivity contribution is 7.90. The molecule has 1 N–H and O–H groups in total. The summed E-state index contributed by atoms with van der Waals surface area (Å²) in [6, 6.07) is 26.5. The van der Waals surface area contributed by atoms with E-state index in [4.69, 9.17) is 14.5 Å². The van der Waals surface area contributed by atoms with Crippen molar-refractivity contribution in [3.63, 3.8) is 0 Å². The van der Waals surface area contributed by atoms with Crippen molar-refractivity contribution in [3.05, 3.63) is 108 Å². The maximum Gasteiger partial charge on any atom is 0.410 e. The second-order valence-corrected chi connectivity index (χ2v) is 17.3. The molecule has 3 aliphatic rings. The Morgan fingerprint density at radius 3 is 2.26 bits per heavy atom. The Morgan fingerprint density at radius 1 is 0.845 bits per heavy atom. The van der Waals surface area contributed by atoms with E-state index >= 15 is 0 Å². The van der Waals surface area contributed by atoms with Gasteiger partial charge in [-0.3, -0.25) is 14.5 Å². The lowest BCUT2D eigenvalue weighted by Gasteiger charge is -2.29. The molecule has 13 heteroatoms. The van der Waals surface area contributed by atoms with Crippen LogP contribution in [0.4, 0.5) is 4.79 Å². The molecule has 4 heterocycles. The fraction of sp³-hybridized carbons (Fsp3) is 0.356. The summed E-state index contributed by atoms with van der Waals surface area (Å²) in [7, 11) is -2.61. The minimum atomic E-state index is -3.96. The third kappa shape index (κ3) is 7.87. The zero-order valence-corrected chi connectivity index (χ0v) is 33.7. The number of rotatable bonds is 10. The van der Waals surface area contributed by atoms with Crippen molar-refractivity contribution in [2.45, 2.75) is 76.0 Å². The number of H-pyrrole nitrogens is 1. The molecule has 1 aromatic heterocycles. The molecule has 0 aliphatic carbocycles. The fourth-order valence-corrected chi connectivity index (χ4v) is 9.83. The van der Waals surface area contributed by atoms with Gasteiger partial charge in [0.2, 0.25) is 5.91 Å². The van der Waals surface area contributed by atoms with Crippen LogP contribution in [0.25, 0.3) is 33.2 Å². The number of likely N-dealkylation sites (tertiary alicyclic amines) is 2. The molecule has 58 heavy (non-hydrogen) atoms. The van der Waals surface area contributed by atoms with Crippen molar-refractivity contribution in [2.24, 2.45) is 16.2 Å². The zero-order chi connectivity index (χ0) is 40.6. The minimum Gasteiger partial charge on any atom is -0.469 e. The van der Waals surface area contributed by atoms with Crippen LogP contribution in [-0.2, 0) is 42.1 Å². The second-order valence-electron chi connectivity index (χ2n) is 15.7. The van der Waals surface area contributed by atoms with Crippen LogP contribution in [0.5, 0.6) is 0 Å². The maximum absolute atomic E-state index is 13.7. The Morgan fingerprint density at radius 2 is 1.52 bits per heavy atom. The SMILES string of the molecule is COC(=O)C[C@H](C(=O)N1CCC[C@H]1c1ncc(-c2ccc3cc(-c4ccc5c(c4)CC([C@@H]4CCCN4C(=O)OCc4ccccc4)=NS5(=O)=O)ccc3c2)[nH]1)C(C)C. The molecule has 2 amide bonds. The van der Waals surface area contributed by atoms with Gasteiger partial charge >= 0.3 is 12.1 Å². The number of imidazole rings is 1. The van der Waals surface area contributed by atoms with Crippen LogP contribution in [-0.4, -0.2) is 78.1 Å². The molecule has 0 spiro atoms. The highest BCUT2D eigenvalue weighted by Gasteiger charge is 2.39. The summed E-state index contributed by atoms with van der Waals surface area (Å²) in [6.45, 7) is 5.13. The Labute approximate surface area is 338 Å². The first-order chi connectivity index (χ1) is 28.0. The normalized spacial score (nSPS) is 19.2. The number of nitrogens with one attached hydrogen (secondary N) is 1. The molecule has 5 aromatic rings. The van der Waals surface area contributed by atoms with Crippen LogP contribution in [0.3, 0.4) is 0 Å². The molecule has 2 saturated heterocycles. The van der Waals surface area contributed by atoms with Crippen molar-refractivity contribution < 1.29 is 32.3 Å². The molecule has 0 saturated carbocycles. The van der Waals surface area contributed by atoms with Crippen molar-refractivity contribution in [1.82, 2.24) is 19.8 Å². The first-order valence-electron chi connectivity index (χ1n) is 19.9. The molecule has 2 fully saturated rings. The maximum atomic E-state index is 13.7. The van der Waals surface area contributed by atoms with Gasteiger partial charge in [-0.15, -0.1) is 0 Å². The van der Waals surface area contributed by atoms with Gasteiger partial charge in [-0.05, 0) is 88.9 Å². The number of hydrogen-bond donors (Lipinski definition) is 1. The van der Waals surface area contributed by atoms with Gasteiger partial charge in [0, 0.05) is 25.1 Å². The van der Waals surface area contributed by atoms with Crippen LogP contribution in [0, 0.1) is 11.8 Å². The number of esters is 1. The van der Waals surface area contributed by atoms with E-state index in [0.29, 0.717) is 37.2 Å². The lowest BCUT2D eigenvalue weighted by atomic mass is 9.91. The predicted octanol–water partition coefficient (Wildman–Crippen LogP) is 7.88. The number of nitrogens with zero attached hydrogens (tertiary/aromatic N) is 4. The summed E-state index contributed by atoms with van der Waals surface area (Å²) in [4.78, 5) is 50.8. The number of aromatic amines is 1. The second kappa shape index (κ2) is 16.2. The summed E-state index contributed by atoms with van der Waals surface area (Å²) in [5, 5.41) is 2.04. The number of carbonyl (C=O) groups is 3. The number of carbonyl (C=O) groups excluding carboxylic acids is 3. The molecule has 0 radical (unpaired) electrons. The molecule has 3 atom stereocenters. The first-order valence-corrected chi connectivity index (χ1v) is 21.3. The summed E-state index contributed by atoms with van der Waals surface area (Å²) >= 11 is 0. The Bertz CT molecular complexity index is 2510. The van der Waals surface area contributed by atoms with E-state index in [1.165, 1.54) is 7.11 Å². The van der Waals surface area contributed by atoms with Gasteiger partial charge < -0.3 is 19.4 Å². The fourth-order valence-electron chi connectivity index (χ4n) is 8.54. The number of fused-ring (bicyclic) bond motifs is 2. The quantitative estimate of drug-likeness (QED) is 0.140. The molecular formula is C45H47N5O7S. The topological polar surface area (TPSA) is 151 Å². The van der Waals surface area contributed by atoms with Crippen LogP contribution in [0.15, 0.2) is 100 Å². The number of amides is 2.